The minimum Gasteiger partial charge on any atom is -0.481 e. The summed E-state index contributed by atoms with van der Waals surface area (Å²) in [6.45, 7) is 7.28. The minimum absolute atomic E-state index is 0.0616. The quantitative estimate of drug-likeness (QED) is 0.372. The molecule has 0 aromatic heterocycles. The van der Waals surface area contributed by atoms with Crippen LogP contribution in [0.2, 0.25) is 13.1 Å². The Morgan fingerprint density at radius 3 is 2.68 bits per heavy atom. The Bertz CT molecular complexity index is 918. The zero-order chi connectivity index (χ0) is 23.0. The third-order valence-electron chi connectivity index (χ3n) is 9.19. The number of carbonyl (C=O) groups excluding carboxylic acids is 1. The molecule has 31 heavy (non-hydrogen) atoms. The van der Waals surface area contributed by atoms with Crippen molar-refractivity contribution in [2.45, 2.75) is 81.4 Å². The minimum atomic E-state index is -2.78. The number of hydrogen-bond acceptors (Lipinski definition) is 5. The monoisotopic (exact) mass is 467 g/mol. The number of aliphatic hydroxyl groups is 2. The van der Waals surface area contributed by atoms with Crippen molar-refractivity contribution in [1.29, 1.82) is 5.26 Å². The summed E-state index contributed by atoms with van der Waals surface area (Å²) in [5, 5.41) is 31.5. The SMILES string of the molecule is C[C@]12C=CC(=O)C=C1CCC1C3CC[C@](O)([C@H](Cl)[Si](C)(C)OC#N)[C@@]3(C)C[C@H](O)[C@@]12F. The fraction of sp³-hybridized carbons (Fsp3) is 0.739. The van der Waals surface area contributed by atoms with Gasteiger partial charge in [0.2, 0.25) is 0 Å². The molecule has 170 valence electrons. The van der Waals surface area contributed by atoms with Gasteiger partial charge < -0.3 is 14.6 Å². The van der Waals surface area contributed by atoms with Crippen LogP contribution in [0.3, 0.4) is 0 Å². The highest BCUT2D eigenvalue weighted by atomic mass is 35.5. The summed E-state index contributed by atoms with van der Waals surface area (Å²) in [6.07, 6.45) is 7.09. The molecule has 0 spiro atoms. The third-order valence-corrected chi connectivity index (χ3v) is 13.4. The molecule has 2 unspecified atom stereocenters. The Balaban J connectivity index is 1.76. The molecular weight excluding hydrogens is 437 g/mol. The Morgan fingerprint density at radius 2 is 2.03 bits per heavy atom. The second kappa shape index (κ2) is 6.90. The number of ketones is 1. The Morgan fingerprint density at radius 1 is 1.35 bits per heavy atom. The first-order chi connectivity index (χ1) is 14.3. The summed E-state index contributed by atoms with van der Waals surface area (Å²) in [6, 6.07) is 0. The number of nitrogens with zero attached hydrogens (tertiary/aromatic N) is 1. The molecule has 0 bridgehead atoms. The lowest BCUT2D eigenvalue weighted by molar-refractivity contribution is -0.216. The lowest BCUT2D eigenvalue weighted by atomic mass is 9.45. The first-order valence-corrected chi connectivity index (χ1v) is 14.4. The largest absolute Gasteiger partial charge is 0.481 e. The van der Waals surface area contributed by atoms with Crippen molar-refractivity contribution in [2.24, 2.45) is 22.7 Å². The zero-order valence-electron chi connectivity index (χ0n) is 18.5. The normalized spacial score (nSPS) is 47.5. The highest BCUT2D eigenvalue weighted by Crippen LogP contribution is 2.70. The van der Waals surface area contributed by atoms with E-state index >= 15 is 4.39 Å². The fourth-order valence-corrected chi connectivity index (χ4v) is 9.86. The van der Waals surface area contributed by atoms with Crippen molar-refractivity contribution in [3.63, 3.8) is 0 Å². The molecular formula is C23H31ClFNO4Si. The second-order valence-corrected chi connectivity index (χ2v) is 15.7. The van der Waals surface area contributed by atoms with Gasteiger partial charge in [0.25, 0.3) is 14.6 Å². The number of nitriles is 1. The summed E-state index contributed by atoms with van der Waals surface area (Å²) in [5.41, 5.74) is -4.43. The van der Waals surface area contributed by atoms with Gasteiger partial charge in [-0.25, -0.2) is 4.39 Å². The van der Waals surface area contributed by atoms with Crippen molar-refractivity contribution in [3.05, 3.63) is 23.8 Å². The first-order valence-electron chi connectivity index (χ1n) is 11.0. The van der Waals surface area contributed by atoms with Crippen LogP contribution in [0.25, 0.3) is 0 Å². The van der Waals surface area contributed by atoms with Crippen molar-refractivity contribution >= 4 is 25.7 Å². The van der Waals surface area contributed by atoms with Gasteiger partial charge in [0.05, 0.1) is 16.7 Å². The van der Waals surface area contributed by atoms with Crippen LogP contribution in [0, 0.1) is 34.2 Å². The summed E-state index contributed by atoms with van der Waals surface area (Å²) in [5.74, 6) is -0.793. The number of fused-ring (bicyclic) bond motifs is 5. The van der Waals surface area contributed by atoms with Crippen LogP contribution in [-0.4, -0.2) is 46.7 Å². The number of alkyl halides is 2. The van der Waals surface area contributed by atoms with Crippen molar-refractivity contribution in [1.82, 2.24) is 0 Å². The number of aliphatic hydroxyl groups excluding tert-OH is 1. The molecule has 4 rings (SSSR count). The van der Waals surface area contributed by atoms with E-state index in [1.165, 1.54) is 12.2 Å². The molecule has 8 atom stereocenters. The maximum absolute atomic E-state index is 17.0. The molecule has 0 aromatic rings. The smallest absolute Gasteiger partial charge is 0.282 e. The van der Waals surface area contributed by atoms with E-state index in [2.05, 4.69) is 0 Å². The van der Waals surface area contributed by atoms with Crippen LogP contribution in [0.15, 0.2) is 23.8 Å². The van der Waals surface area contributed by atoms with Crippen LogP contribution in [0.5, 0.6) is 0 Å². The van der Waals surface area contributed by atoms with Crippen LogP contribution in [0.1, 0.15) is 46.0 Å². The predicted molar refractivity (Wildman–Crippen MR) is 117 cm³/mol. The maximum Gasteiger partial charge on any atom is 0.282 e. The molecule has 3 saturated carbocycles. The van der Waals surface area contributed by atoms with E-state index in [4.69, 9.17) is 21.3 Å². The highest BCUT2D eigenvalue weighted by Gasteiger charge is 2.74. The summed E-state index contributed by atoms with van der Waals surface area (Å²) in [4.78, 5) is 11.9. The summed E-state index contributed by atoms with van der Waals surface area (Å²) >= 11 is 6.82. The van der Waals surface area contributed by atoms with Gasteiger partial charge in [-0.2, -0.15) is 5.26 Å². The molecule has 4 aliphatic rings. The molecule has 0 heterocycles. The lowest BCUT2D eigenvalue weighted by Gasteiger charge is -2.63. The number of carbonyl (C=O) groups is 1. The second-order valence-electron chi connectivity index (χ2n) is 10.9. The van der Waals surface area contributed by atoms with Gasteiger partial charge in [0.15, 0.2) is 11.5 Å². The highest BCUT2D eigenvalue weighted by molar-refractivity contribution is 6.80. The Labute approximate surface area is 189 Å². The third kappa shape index (κ3) is 2.74. The molecule has 0 aliphatic heterocycles. The van der Waals surface area contributed by atoms with E-state index < -0.39 is 47.4 Å². The van der Waals surface area contributed by atoms with E-state index in [0.29, 0.717) is 25.7 Å². The molecule has 2 N–H and O–H groups in total. The fourth-order valence-electron chi connectivity index (χ4n) is 7.41. The van der Waals surface area contributed by atoms with Gasteiger partial charge in [-0.1, -0.05) is 18.6 Å². The number of rotatable bonds is 3. The molecule has 0 saturated heterocycles. The van der Waals surface area contributed by atoms with Crippen molar-refractivity contribution in [2.75, 3.05) is 0 Å². The lowest BCUT2D eigenvalue weighted by Crippen LogP contribution is -2.70. The van der Waals surface area contributed by atoms with Crippen molar-refractivity contribution in [3.8, 4) is 6.26 Å². The average molecular weight is 468 g/mol. The Kier molecular flexibility index (Phi) is 5.11. The van der Waals surface area contributed by atoms with Crippen molar-refractivity contribution < 1.29 is 23.8 Å². The van der Waals surface area contributed by atoms with E-state index in [0.717, 1.165) is 5.57 Å². The predicted octanol–water partition coefficient (Wildman–Crippen LogP) is 3.94. The van der Waals surface area contributed by atoms with Gasteiger partial charge in [0.1, 0.15) is 0 Å². The van der Waals surface area contributed by atoms with Gasteiger partial charge in [0, 0.05) is 16.7 Å². The maximum atomic E-state index is 17.0. The van der Waals surface area contributed by atoms with Gasteiger partial charge in [-0.05, 0) is 70.2 Å². The van der Waals surface area contributed by atoms with Gasteiger partial charge in [-0.3, -0.25) is 4.79 Å². The molecule has 5 nitrogen and oxygen atoms in total. The topological polar surface area (TPSA) is 90.5 Å². The molecule has 8 heteroatoms. The van der Waals surface area contributed by atoms with E-state index in [1.54, 1.807) is 32.3 Å². The molecule has 0 radical (unpaired) electrons. The molecule has 3 fully saturated rings. The number of hydrogen-bond donors (Lipinski definition) is 2. The van der Waals surface area contributed by atoms with Gasteiger partial charge in [-0.15, -0.1) is 11.6 Å². The van der Waals surface area contributed by atoms with E-state index in [1.807, 2.05) is 6.92 Å². The number of allylic oxidation sites excluding steroid dienone is 4. The van der Waals surface area contributed by atoms with Crippen LogP contribution >= 0.6 is 11.6 Å². The summed E-state index contributed by atoms with van der Waals surface area (Å²) in [7, 11) is -2.78. The molecule has 0 aromatic carbocycles. The number of halogens is 2. The zero-order valence-corrected chi connectivity index (χ0v) is 20.2. The van der Waals surface area contributed by atoms with E-state index in [9.17, 15) is 15.0 Å². The molecule has 0 amide bonds. The van der Waals surface area contributed by atoms with E-state index in [-0.39, 0.29) is 18.1 Å². The average Bonchev–Trinajstić information content (AvgIpc) is 2.95. The standard InChI is InChI=1S/C23H31ClFNO4Si/c1-20-9-7-15(27)11-14(20)5-6-17-16-8-10-22(29,19(24)31(3,4)30-13-26)21(16,2)12-18(28)23(17,20)25/h7,9,11,16-19,28-29H,5-6,8,10,12H2,1-4H3/t16?,17?,18-,19+,20-,21-,22-,23-/m0/s1. The van der Waals surface area contributed by atoms with Gasteiger partial charge >= 0.3 is 0 Å². The first kappa shape index (κ1) is 23.0. The molecule has 4 aliphatic carbocycles. The van der Waals surface area contributed by atoms with Crippen LogP contribution in [-0.2, 0) is 9.22 Å². The van der Waals surface area contributed by atoms with Crippen LogP contribution in [0.4, 0.5) is 4.39 Å². The Hall–Kier alpha value is -1.20. The summed E-state index contributed by atoms with van der Waals surface area (Å²) < 4.78 is 22.4. The van der Waals surface area contributed by atoms with Crippen LogP contribution < -0.4 is 0 Å².